The van der Waals surface area contributed by atoms with Gasteiger partial charge in [0.2, 0.25) is 9.84 Å². The minimum atomic E-state index is -3.68. The van der Waals surface area contributed by atoms with Crippen molar-refractivity contribution >= 4 is 21.0 Å². The van der Waals surface area contributed by atoms with Crippen molar-refractivity contribution < 1.29 is 33.4 Å². The molecule has 4 N–H and O–H groups in total. The summed E-state index contributed by atoms with van der Waals surface area (Å²) in [7, 11) is -3.68. The van der Waals surface area contributed by atoms with Gasteiger partial charge < -0.3 is 25.0 Å². The lowest BCUT2D eigenvalue weighted by Gasteiger charge is -2.11. The molecule has 0 unspecified atom stereocenters. The van der Waals surface area contributed by atoms with Crippen molar-refractivity contribution in [3.8, 4) is 23.0 Å². The summed E-state index contributed by atoms with van der Waals surface area (Å²) in [6, 6.07) is 18.2. The van der Waals surface area contributed by atoms with Crippen LogP contribution in [0.1, 0.15) is 22.3 Å². The highest BCUT2D eigenvalue weighted by Gasteiger charge is 2.21. The number of sulfone groups is 1. The van der Waals surface area contributed by atoms with Crippen molar-refractivity contribution in [3.05, 3.63) is 95.1 Å². The molecule has 0 saturated heterocycles. The Kier molecular flexibility index (Phi) is 8.42. The highest BCUT2D eigenvalue weighted by atomic mass is 32.2. The van der Waals surface area contributed by atoms with Gasteiger partial charge in [0.1, 0.15) is 23.0 Å². The fraction of sp³-hybridized carbons (Fsp3) is 0.143. The summed E-state index contributed by atoms with van der Waals surface area (Å²) < 4.78 is 37.4. The number of aromatic hydroxyl groups is 4. The molecule has 0 aliphatic heterocycles. The molecule has 0 radical (unpaired) electrons. The molecule has 0 aliphatic carbocycles. The van der Waals surface area contributed by atoms with Crippen LogP contribution >= 0.6 is 0 Å². The number of phenols is 4. The van der Waals surface area contributed by atoms with Crippen LogP contribution in [0.3, 0.4) is 0 Å². The van der Waals surface area contributed by atoms with Crippen molar-refractivity contribution in [2.75, 3.05) is 0 Å². The Balaban J connectivity index is 0.000000213. The van der Waals surface area contributed by atoms with Gasteiger partial charge in [0.25, 0.3) is 0 Å². The van der Waals surface area contributed by atoms with E-state index in [4.69, 9.17) is 10.2 Å². The first-order valence-corrected chi connectivity index (χ1v) is 13.8. The van der Waals surface area contributed by atoms with E-state index in [0.717, 1.165) is 0 Å². The van der Waals surface area contributed by atoms with Crippen LogP contribution in [-0.2, 0) is 21.0 Å². The van der Waals surface area contributed by atoms with Crippen LogP contribution in [0.15, 0.2) is 92.4 Å². The van der Waals surface area contributed by atoms with Crippen LogP contribution in [0.5, 0.6) is 23.0 Å². The molecule has 7 nitrogen and oxygen atoms in total. The molecule has 0 heterocycles. The van der Waals surface area contributed by atoms with Crippen molar-refractivity contribution in [3.63, 3.8) is 0 Å². The molecule has 4 aromatic carbocycles. The molecule has 37 heavy (non-hydrogen) atoms. The van der Waals surface area contributed by atoms with E-state index in [0.29, 0.717) is 32.0 Å². The molecule has 0 fully saturated rings. The van der Waals surface area contributed by atoms with Crippen LogP contribution in [0, 0.1) is 27.7 Å². The minimum Gasteiger partial charge on any atom is -0.606 e. The second-order valence-corrected chi connectivity index (χ2v) is 12.0. The average molecular weight is 541 g/mol. The Morgan fingerprint density at radius 1 is 0.568 bits per heavy atom. The van der Waals surface area contributed by atoms with E-state index in [1.165, 1.54) is 48.5 Å². The lowest BCUT2D eigenvalue weighted by molar-refractivity contribution is 0.466. The van der Waals surface area contributed by atoms with Crippen molar-refractivity contribution in [2.24, 2.45) is 0 Å². The summed E-state index contributed by atoms with van der Waals surface area (Å²) in [5.74, 6) is 0.497. The molecule has 0 spiro atoms. The third kappa shape index (κ3) is 6.37. The van der Waals surface area contributed by atoms with Crippen molar-refractivity contribution in [2.45, 2.75) is 47.3 Å². The molecular weight excluding hydrogens is 512 g/mol. The van der Waals surface area contributed by atoms with Gasteiger partial charge in [-0.25, -0.2) is 8.42 Å². The first-order valence-electron chi connectivity index (χ1n) is 11.2. The van der Waals surface area contributed by atoms with Gasteiger partial charge in [-0.3, -0.25) is 0 Å². The van der Waals surface area contributed by atoms with Gasteiger partial charge in [-0.2, -0.15) is 0 Å². The summed E-state index contributed by atoms with van der Waals surface area (Å²) >= 11 is -1.29. The third-order valence-electron chi connectivity index (χ3n) is 5.65. The van der Waals surface area contributed by atoms with E-state index in [-0.39, 0.29) is 32.8 Å². The van der Waals surface area contributed by atoms with Gasteiger partial charge in [0.05, 0.1) is 9.79 Å². The van der Waals surface area contributed by atoms with E-state index in [1.54, 1.807) is 52.0 Å². The lowest BCUT2D eigenvalue weighted by atomic mass is 10.1. The van der Waals surface area contributed by atoms with Gasteiger partial charge in [-0.05, 0) is 123 Å². The summed E-state index contributed by atoms with van der Waals surface area (Å²) in [5, 5.41) is 37.8. The second kappa shape index (κ2) is 11.2. The quantitative estimate of drug-likeness (QED) is 0.253. The Morgan fingerprint density at radius 3 is 1.11 bits per heavy atom. The SMILES string of the molecule is Cc1cc(S(=O)(=O)c2cc(C)c(O)c(C)c2)cc(C)c1O.[O-][S+](c1ccc(O)cc1)c1ccc(O)cc1. The largest absolute Gasteiger partial charge is 0.606 e. The standard InChI is InChI=1S/C16H18O4S.C12H10O3S/c1-9-5-13(6-10(2)15(9)17)21(19,20)14-7-11(3)16(18)12(4)8-14;13-9-1-5-11(6-2-9)16(15)12-7-3-10(14)4-8-12/h5-8,17-18H,1-4H3;1-8,13-14H. The van der Waals surface area contributed by atoms with E-state index < -0.39 is 21.0 Å². The number of hydrogen-bond donors (Lipinski definition) is 4. The zero-order valence-corrected chi connectivity index (χ0v) is 22.4. The van der Waals surface area contributed by atoms with Crippen LogP contribution < -0.4 is 0 Å². The maximum absolute atomic E-state index is 12.7. The van der Waals surface area contributed by atoms with Gasteiger partial charge in [0, 0.05) is 11.2 Å². The zero-order chi connectivity index (χ0) is 27.5. The monoisotopic (exact) mass is 540 g/mol. The maximum Gasteiger partial charge on any atom is 0.206 e. The van der Waals surface area contributed by atoms with Crippen LogP contribution in [-0.4, -0.2) is 33.4 Å². The molecule has 0 bridgehead atoms. The fourth-order valence-corrected chi connectivity index (χ4v) is 6.19. The summed E-state index contributed by atoms with van der Waals surface area (Å²) in [4.78, 5) is 1.51. The molecule has 0 aliphatic rings. The predicted molar refractivity (Wildman–Crippen MR) is 142 cm³/mol. The first-order chi connectivity index (χ1) is 17.3. The number of aryl methyl sites for hydroxylation is 4. The third-order valence-corrected chi connectivity index (χ3v) is 8.76. The van der Waals surface area contributed by atoms with Gasteiger partial charge in [-0.1, -0.05) is 0 Å². The van der Waals surface area contributed by atoms with Gasteiger partial charge in [-0.15, -0.1) is 0 Å². The zero-order valence-electron chi connectivity index (χ0n) is 20.8. The maximum atomic E-state index is 12.7. The Labute approximate surface area is 219 Å². The smallest absolute Gasteiger partial charge is 0.206 e. The highest BCUT2D eigenvalue weighted by molar-refractivity contribution is 7.91. The molecule has 0 saturated carbocycles. The Hall–Kier alpha value is -3.66. The van der Waals surface area contributed by atoms with Crippen molar-refractivity contribution in [1.82, 2.24) is 0 Å². The summed E-state index contributed by atoms with van der Waals surface area (Å²) in [6.45, 7) is 6.65. The van der Waals surface area contributed by atoms with E-state index in [1.807, 2.05) is 0 Å². The number of rotatable bonds is 4. The van der Waals surface area contributed by atoms with E-state index in [2.05, 4.69) is 0 Å². The lowest BCUT2D eigenvalue weighted by Crippen LogP contribution is -2.04. The molecule has 4 rings (SSSR count). The molecule has 194 valence electrons. The van der Waals surface area contributed by atoms with Crippen LogP contribution in [0.4, 0.5) is 0 Å². The van der Waals surface area contributed by atoms with E-state index >= 15 is 0 Å². The number of phenolic OH excluding ortho intramolecular Hbond substituents is 4. The second-order valence-electron chi connectivity index (χ2n) is 8.57. The topological polar surface area (TPSA) is 138 Å². The highest BCUT2D eigenvalue weighted by Crippen LogP contribution is 2.32. The number of benzene rings is 4. The number of hydrogen-bond acceptors (Lipinski definition) is 7. The Bertz CT molecular complexity index is 1360. The van der Waals surface area contributed by atoms with Crippen LogP contribution in [0.2, 0.25) is 0 Å². The molecule has 4 aromatic rings. The Morgan fingerprint density at radius 2 is 0.838 bits per heavy atom. The normalized spacial score (nSPS) is 11.2. The van der Waals surface area contributed by atoms with E-state index in [9.17, 15) is 23.2 Å². The fourth-order valence-electron chi connectivity index (χ4n) is 3.55. The summed E-state index contributed by atoms with van der Waals surface area (Å²) in [6.07, 6.45) is 0. The van der Waals surface area contributed by atoms with Crippen molar-refractivity contribution in [1.29, 1.82) is 0 Å². The molecule has 0 amide bonds. The molecular formula is C28H28O7S2. The molecule has 0 aromatic heterocycles. The van der Waals surface area contributed by atoms with Gasteiger partial charge in [0.15, 0.2) is 9.79 Å². The average Bonchev–Trinajstić information content (AvgIpc) is 2.86. The predicted octanol–water partition coefficient (Wildman–Crippen LogP) is 5.43. The molecule has 9 heteroatoms. The molecule has 0 atom stereocenters. The summed E-state index contributed by atoms with van der Waals surface area (Å²) in [5.41, 5.74) is 2.06. The first kappa shape index (κ1) is 27.9. The van der Waals surface area contributed by atoms with Gasteiger partial charge >= 0.3 is 0 Å². The minimum absolute atomic E-state index is 0.104. The van der Waals surface area contributed by atoms with Crippen LogP contribution in [0.25, 0.3) is 0 Å².